The van der Waals surface area contributed by atoms with Gasteiger partial charge in [-0.15, -0.1) is 11.3 Å². The van der Waals surface area contributed by atoms with E-state index in [0.717, 1.165) is 17.1 Å². The Morgan fingerprint density at radius 1 is 1.31 bits per heavy atom. The molecule has 0 spiro atoms. The minimum absolute atomic E-state index is 0.168. The Labute approximate surface area is 97.9 Å². The lowest BCUT2D eigenvalue weighted by Gasteiger charge is -1.99. The number of hydrogen-bond acceptors (Lipinski definition) is 3. The molecule has 1 aromatic heterocycles. The predicted octanol–water partition coefficient (Wildman–Crippen LogP) is 2.37. The zero-order chi connectivity index (χ0) is 11.4. The molecule has 0 atom stereocenters. The molecule has 0 saturated heterocycles. The van der Waals surface area contributed by atoms with Gasteiger partial charge < -0.3 is 5.73 Å². The predicted molar refractivity (Wildman–Crippen MR) is 64.1 cm³/mol. The fraction of sp³-hybridized carbons (Fsp3) is 0.250. The van der Waals surface area contributed by atoms with E-state index in [2.05, 4.69) is 4.98 Å². The first kappa shape index (κ1) is 11.2. The Balaban J connectivity index is 2.11. The largest absolute Gasteiger partial charge is 0.330 e. The normalized spacial score (nSPS) is 10.6. The maximum atomic E-state index is 13.4. The van der Waals surface area contributed by atoms with E-state index in [0.29, 0.717) is 18.5 Å². The van der Waals surface area contributed by atoms with Crippen LogP contribution >= 0.6 is 11.3 Å². The second-order valence-corrected chi connectivity index (χ2v) is 4.48. The van der Waals surface area contributed by atoms with Gasteiger partial charge in [0.2, 0.25) is 0 Å². The van der Waals surface area contributed by atoms with Gasteiger partial charge in [-0.2, -0.15) is 0 Å². The lowest BCUT2D eigenvalue weighted by molar-refractivity contribution is 0.613. The first-order chi connectivity index (χ1) is 7.79. The van der Waals surface area contributed by atoms with Crippen LogP contribution in [0.4, 0.5) is 4.39 Å². The van der Waals surface area contributed by atoms with Crippen molar-refractivity contribution in [3.8, 4) is 0 Å². The summed E-state index contributed by atoms with van der Waals surface area (Å²) in [5.74, 6) is -0.168. The fourth-order valence-corrected chi connectivity index (χ4v) is 2.35. The molecule has 0 aliphatic heterocycles. The van der Waals surface area contributed by atoms with E-state index < -0.39 is 0 Å². The number of hydrogen-bond donors (Lipinski definition) is 1. The molecular weight excluding hydrogens is 223 g/mol. The molecule has 0 bridgehead atoms. The molecule has 0 aliphatic rings. The minimum atomic E-state index is -0.168. The van der Waals surface area contributed by atoms with Crippen LogP contribution in [0.2, 0.25) is 0 Å². The van der Waals surface area contributed by atoms with E-state index in [1.807, 2.05) is 11.4 Å². The van der Waals surface area contributed by atoms with Crippen LogP contribution in [-0.4, -0.2) is 11.5 Å². The van der Waals surface area contributed by atoms with Crippen LogP contribution in [0.25, 0.3) is 0 Å². The summed E-state index contributed by atoms with van der Waals surface area (Å²) in [6.07, 6.45) is 1.34. The quantitative estimate of drug-likeness (QED) is 0.885. The maximum absolute atomic E-state index is 13.4. The molecule has 0 fully saturated rings. The Morgan fingerprint density at radius 2 is 2.12 bits per heavy atom. The van der Waals surface area contributed by atoms with Gasteiger partial charge in [-0.05, 0) is 18.2 Å². The summed E-state index contributed by atoms with van der Waals surface area (Å²) in [4.78, 5) is 4.41. The van der Waals surface area contributed by atoms with Crippen LogP contribution in [-0.2, 0) is 12.8 Å². The van der Waals surface area contributed by atoms with Crippen molar-refractivity contribution in [2.24, 2.45) is 5.73 Å². The van der Waals surface area contributed by atoms with Crippen molar-refractivity contribution in [2.45, 2.75) is 12.8 Å². The zero-order valence-corrected chi connectivity index (χ0v) is 9.64. The average Bonchev–Trinajstić information content (AvgIpc) is 2.70. The number of thiazole rings is 1. The second-order valence-electron chi connectivity index (χ2n) is 3.54. The van der Waals surface area contributed by atoms with Crippen LogP contribution < -0.4 is 5.73 Å². The van der Waals surface area contributed by atoms with Gasteiger partial charge in [0.1, 0.15) is 5.82 Å². The molecule has 0 unspecified atom stereocenters. The summed E-state index contributed by atoms with van der Waals surface area (Å²) in [5.41, 5.74) is 7.14. The third-order valence-corrected chi connectivity index (χ3v) is 3.20. The molecule has 1 heterocycles. The zero-order valence-electron chi connectivity index (χ0n) is 8.82. The molecular formula is C12H13FN2S. The van der Waals surface area contributed by atoms with Crippen LogP contribution in [0.5, 0.6) is 0 Å². The van der Waals surface area contributed by atoms with Gasteiger partial charge >= 0.3 is 0 Å². The molecule has 2 aromatic rings. The molecule has 16 heavy (non-hydrogen) atoms. The minimum Gasteiger partial charge on any atom is -0.330 e. The molecule has 0 aliphatic carbocycles. The topological polar surface area (TPSA) is 38.9 Å². The number of aromatic nitrogens is 1. The van der Waals surface area contributed by atoms with E-state index in [1.54, 1.807) is 23.5 Å². The van der Waals surface area contributed by atoms with E-state index in [-0.39, 0.29) is 5.82 Å². The Morgan fingerprint density at radius 3 is 2.88 bits per heavy atom. The molecule has 0 saturated carbocycles. The van der Waals surface area contributed by atoms with Gasteiger partial charge in [-0.3, -0.25) is 0 Å². The Hall–Kier alpha value is -1.26. The van der Waals surface area contributed by atoms with Crippen LogP contribution in [0.1, 0.15) is 16.3 Å². The first-order valence-corrected chi connectivity index (χ1v) is 6.04. The summed E-state index contributed by atoms with van der Waals surface area (Å²) in [6, 6.07) is 6.80. The summed E-state index contributed by atoms with van der Waals surface area (Å²) in [5, 5.41) is 2.93. The fourth-order valence-electron chi connectivity index (χ4n) is 1.50. The van der Waals surface area contributed by atoms with Crippen LogP contribution in [0.15, 0.2) is 29.6 Å². The van der Waals surface area contributed by atoms with Gasteiger partial charge in [0, 0.05) is 18.2 Å². The van der Waals surface area contributed by atoms with Crippen molar-refractivity contribution in [3.63, 3.8) is 0 Å². The van der Waals surface area contributed by atoms with E-state index in [4.69, 9.17) is 5.73 Å². The third kappa shape index (κ3) is 2.65. The van der Waals surface area contributed by atoms with Gasteiger partial charge in [0.15, 0.2) is 0 Å². The van der Waals surface area contributed by atoms with Gasteiger partial charge in [-0.25, -0.2) is 9.37 Å². The Kier molecular flexibility index (Phi) is 3.64. The number of nitrogens with zero attached hydrogens (tertiary/aromatic N) is 1. The van der Waals surface area contributed by atoms with Crippen LogP contribution in [0.3, 0.4) is 0 Å². The van der Waals surface area contributed by atoms with Crippen molar-refractivity contribution in [1.29, 1.82) is 0 Å². The van der Waals surface area contributed by atoms with Crippen molar-refractivity contribution in [3.05, 3.63) is 51.7 Å². The maximum Gasteiger partial charge on any atom is 0.126 e. The SMILES string of the molecule is NCCc1csc(Cc2ccccc2F)n1. The van der Waals surface area contributed by atoms with Crippen molar-refractivity contribution in [2.75, 3.05) is 6.54 Å². The van der Waals surface area contributed by atoms with Crippen LogP contribution in [0, 0.1) is 5.82 Å². The summed E-state index contributed by atoms with van der Waals surface area (Å²) < 4.78 is 13.4. The molecule has 2 N–H and O–H groups in total. The van der Waals surface area contributed by atoms with Gasteiger partial charge in [-0.1, -0.05) is 18.2 Å². The number of rotatable bonds is 4. The highest BCUT2D eigenvalue weighted by Crippen LogP contribution is 2.16. The van der Waals surface area contributed by atoms with Crippen molar-refractivity contribution < 1.29 is 4.39 Å². The smallest absolute Gasteiger partial charge is 0.126 e. The highest BCUT2D eigenvalue weighted by Gasteiger charge is 2.06. The number of benzene rings is 1. The highest BCUT2D eigenvalue weighted by molar-refractivity contribution is 7.09. The summed E-state index contributed by atoms with van der Waals surface area (Å²) in [6.45, 7) is 0.600. The molecule has 84 valence electrons. The molecule has 0 radical (unpaired) electrons. The lowest BCUT2D eigenvalue weighted by Crippen LogP contribution is -2.03. The highest BCUT2D eigenvalue weighted by atomic mass is 32.1. The standard InChI is InChI=1S/C12H13FN2S/c13-11-4-2-1-3-9(11)7-12-15-10(5-6-14)8-16-12/h1-4,8H,5-7,14H2. The lowest BCUT2D eigenvalue weighted by atomic mass is 10.1. The summed E-state index contributed by atoms with van der Waals surface area (Å²) >= 11 is 1.56. The van der Waals surface area contributed by atoms with Gasteiger partial charge in [0.05, 0.1) is 10.7 Å². The second kappa shape index (κ2) is 5.18. The monoisotopic (exact) mass is 236 g/mol. The molecule has 2 nitrogen and oxygen atoms in total. The van der Waals surface area contributed by atoms with Crippen molar-refractivity contribution >= 4 is 11.3 Å². The number of halogens is 1. The molecule has 0 amide bonds. The number of nitrogens with two attached hydrogens (primary N) is 1. The van der Waals surface area contributed by atoms with E-state index in [1.165, 1.54) is 6.07 Å². The van der Waals surface area contributed by atoms with Crippen molar-refractivity contribution in [1.82, 2.24) is 4.98 Å². The molecule has 2 rings (SSSR count). The first-order valence-electron chi connectivity index (χ1n) is 5.16. The third-order valence-electron chi connectivity index (χ3n) is 2.30. The van der Waals surface area contributed by atoms with Gasteiger partial charge in [0.25, 0.3) is 0 Å². The van der Waals surface area contributed by atoms with E-state index in [9.17, 15) is 4.39 Å². The summed E-state index contributed by atoms with van der Waals surface area (Å²) in [7, 11) is 0. The van der Waals surface area contributed by atoms with E-state index >= 15 is 0 Å². The molecule has 4 heteroatoms. The Bertz CT molecular complexity index is 468. The molecule has 1 aromatic carbocycles. The average molecular weight is 236 g/mol.